The van der Waals surface area contributed by atoms with Crippen LogP contribution in [0.15, 0.2) is 79.4 Å². The molecule has 0 saturated carbocycles. The van der Waals surface area contributed by atoms with Crippen LogP contribution in [0.4, 0.5) is 0 Å². The molecule has 1 aliphatic rings. The van der Waals surface area contributed by atoms with Gasteiger partial charge in [0, 0.05) is 0 Å². The first kappa shape index (κ1) is 15.8. The highest BCUT2D eigenvalue weighted by molar-refractivity contribution is 5.91. The lowest BCUT2D eigenvalue weighted by Gasteiger charge is -1.98. The van der Waals surface area contributed by atoms with Gasteiger partial charge in [-0.05, 0) is 40.3 Å². The molecule has 1 aliphatic carbocycles. The zero-order valence-corrected chi connectivity index (χ0v) is 13.3. The molecule has 1 N–H and O–H groups in total. The van der Waals surface area contributed by atoms with Crippen molar-refractivity contribution >= 4 is 12.0 Å². The predicted octanol–water partition coefficient (Wildman–Crippen LogP) is 5.29. The number of carbonyl (C=O) groups is 1. The number of rotatable bonds is 2. The van der Waals surface area contributed by atoms with E-state index in [1.165, 1.54) is 28.3 Å². The summed E-state index contributed by atoms with van der Waals surface area (Å²) in [5, 5.41) is 8.65. The van der Waals surface area contributed by atoms with Gasteiger partial charge < -0.3 is 5.11 Å². The maximum atomic E-state index is 10.5. The topological polar surface area (TPSA) is 37.3 Å². The molecule has 24 heavy (non-hydrogen) atoms. The molecule has 0 atom stereocenters. The summed E-state index contributed by atoms with van der Waals surface area (Å²) in [5.41, 5.74) is 6.70. The van der Waals surface area contributed by atoms with Gasteiger partial charge in [0.1, 0.15) is 0 Å². The molecule has 0 unspecified atom stereocenters. The first-order valence-corrected chi connectivity index (χ1v) is 7.81. The Morgan fingerprint density at radius 2 is 1.33 bits per heavy atom. The van der Waals surface area contributed by atoms with Crippen LogP contribution in [0.3, 0.4) is 0 Å². The van der Waals surface area contributed by atoms with Gasteiger partial charge in [-0.15, -0.1) is 0 Å². The van der Waals surface area contributed by atoms with Crippen molar-refractivity contribution in [3.05, 3.63) is 102 Å². The molecule has 0 radical (unpaired) electrons. The van der Waals surface area contributed by atoms with Crippen LogP contribution in [-0.2, 0) is 6.42 Å². The second-order valence-electron chi connectivity index (χ2n) is 5.59. The molecule has 2 heteroatoms. The number of carboxylic acid groups (broad SMARTS) is 1. The summed E-state index contributed by atoms with van der Waals surface area (Å²) in [7, 11) is 0. The molecule has 0 heterocycles. The van der Waals surface area contributed by atoms with Crippen LogP contribution < -0.4 is 0 Å². The van der Waals surface area contributed by atoms with Crippen molar-refractivity contribution in [2.45, 2.75) is 6.42 Å². The molecule has 3 aromatic carbocycles. The van der Waals surface area contributed by atoms with Crippen molar-refractivity contribution in [2.75, 3.05) is 0 Å². The number of fused-ring (bicyclic) bond motifs is 3. The lowest BCUT2D eigenvalue weighted by molar-refractivity contribution is 0.0696. The van der Waals surface area contributed by atoms with Gasteiger partial charge in [0.05, 0.1) is 5.56 Å². The fraction of sp³-hybridized carbons (Fsp3) is 0.0455. The Balaban J connectivity index is 0.000000144. The molecule has 0 amide bonds. The van der Waals surface area contributed by atoms with E-state index in [2.05, 4.69) is 55.1 Å². The summed E-state index contributed by atoms with van der Waals surface area (Å²) < 4.78 is 0. The minimum absolute atomic E-state index is 0.294. The Morgan fingerprint density at radius 3 is 1.83 bits per heavy atom. The van der Waals surface area contributed by atoms with Gasteiger partial charge in [0.2, 0.25) is 0 Å². The standard InChI is InChI=1S/C13H10.C9H8O2/c1-3-7-12-10(5-1)9-11-6-2-4-8-13(11)12;1-2-7-5-3-4-6-8(7)9(10)11/h1-8H,9H2;2-6H,1H2,(H,10,11). The molecule has 0 fully saturated rings. The zero-order valence-electron chi connectivity index (χ0n) is 13.3. The SMILES string of the molecule is C=Cc1ccccc1C(=O)O.c1ccc2c(c1)Cc1ccccc1-2. The maximum Gasteiger partial charge on any atom is 0.336 e. The third-order valence-electron chi connectivity index (χ3n) is 4.12. The van der Waals surface area contributed by atoms with Crippen LogP contribution in [0, 0.1) is 0 Å². The molecule has 0 aromatic heterocycles. The lowest BCUT2D eigenvalue weighted by atomic mass is 10.1. The first-order valence-electron chi connectivity index (χ1n) is 7.81. The van der Waals surface area contributed by atoms with Gasteiger partial charge in [0.15, 0.2) is 0 Å². The Bertz CT molecular complexity index is 850. The van der Waals surface area contributed by atoms with E-state index in [0.29, 0.717) is 11.1 Å². The van der Waals surface area contributed by atoms with Crippen molar-refractivity contribution in [1.29, 1.82) is 0 Å². The molecule has 4 rings (SSSR count). The van der Waals surface area contributed by atoms with Gasteiger partial charge in [-0.2, -0.15) is 0 Å². The molecule has 118 valence electrons. The van der Waals surface area contributed by atoms with Crippen molar-refractivity contribution in [3.63, 3.8) is 0 Å². The smallest absolute Gasteiger partial charge is 0.336 e. The third-order valence-corrected chi connectivity index (χ3v) is 4.12. The molecular formula is C22H18O2. The summed E-state index contributed by atoms with van der Waals surface area (Å²) in [6.45, 7) is 3.51. The van der Waals surface area contributed by atoms with Crippen molar-refractivity contribution in [1.82, 2.24) is 0 Å². The monoisotopic (exact) mass is 314 g/mol. The third kappa shape index (κ3) is 3.13. The average molecular weight is 314 g/mol. The van der Waals surface area contributed by atoms with Crippen molar-refractivity contribution < 1.29 is 9.90 Å². The van der Waals surface area contributed by atoms with Crippen LogP contribution in [0.5, 0.6) is 0 Å². The minimum atomic E-state index is -0.916. The Kier molecular flexibility index (Phi) is 4.57. The Hall–Kier alpha value is -3.13. The van der Waals surface area contributed by atoms with Crippen LogP contribution in [0.1, 0.15) is 27.0 Å². The molecule has 0 spiro atoms. The number of hydrogen-bond acceptors (Lipinski definition) is 1. The van der Waals surface area contributed by atoms with E-state index in [9.17, 15) is 4.79 Å². The summed E-state index contributed by atoms with van der Waals surface area (Å²) in [5.74, 6) is -0.916. The fourth-order valence-corrected chi connectivity index (χ4v) is 2.95. The van der Waals surface area contributed by atoms with Crippen LogP contribution in [0.25, 0.3) is 17.2 Å². The highest BCUT2D eigenvalue weighted by Crippen LogP contribution is 2.35. The van der Waals surface area contributed by atoms with Gasteiger partial charge in [0.25, 0.3) is 0 Å². The summed E-state index contributed by atoms with van der Waals surface area (Å²) in [6.07, 6.45) is 2.63. The van der Waals surface area contributed by atoms with E-state index < -0.39 is 5.97 Å². The summed E-state index contributed by atoms with van der Waals surface area (Å²) in [6, 6.07) is 24.1. The summed E-state index contributed by atoms with van der Waals surface area (Å²) in [4.78, 5) is 10.5. The number of carboxylic acids is 1. The van der Waals surface area contributed by atoms with E-state index in [-0.39, 0.29) is 0 Å². The highest BCUT2D eigenvalue weighted by Gasteiger charge is 2.15. The van der Waals surface area contributed by atoms with Gasteiger partial charge in [-0.25, -0.2) is 4.79 Å². The molecule has 0 bridgehead atoms. The molecule has 0 aliphatic heterocycles. The van der Waals surface area contributed by atoms with Crippen molar-refractivity contribution in [2.24, 2.45) is 0 Å². The Labute approximate surface area is 141 Å². The van der Waals surface area contributed by atoms with Crippen molar-refractivity contribution in [3.8, 4) is 11.1 Å². The molecule has 2 nitrogen and oxygen atoms in total. The van der Waals surface area contributed by atoms with Crippen LogP contribution >= 0.6 is 0 Å². The van der Waals surface area contributed by atoms with E-state index in [4.69, 9.17) is 5.11 Å². The second-order valence-corrected chi connectivity index (χ2v) is 5.59. The molecule has 0 saturated heterocycles. The van der Waals surface area contributed by atoms with Crippen LogP contribution in [0.2, 0.25) is 0 Å². The molecule has 3 aromatic rings. The van der Waals surface area contributed by atoms with Gasteiger partial charge in [-0.1, -0.05) is 79.4 Å². The van der Waals surface area contributed by atoms with Gasteiger partial charge >= 0.3 is 5.97 Å². The largest absolute Gasteiger partial charge is 0.478 e. The van der Waals surface area contributed by atoms with Gasteiger partial charge in [-0.3, -0.25) is 0 Å². The zero-order chi connectivity index (χ0) is 16.9. The highest BCUT2D eigenvalue weighted by atomic mass is 16.4. The quantitative estimate of drug-likeness (QED) is 0.546. The predicted molar refractivity (Wildman–Crippen MR) is 98.2 cm³/mol. The minimum Gasteiger partial charge on any atom is -0.478 e. The normalized spacial score (nSPS) is 10.8. The van der Waals surface area contributed by atoms with E-state index >= 15 is 0 Å². The fourth-order valence-electron chi connectivity index (χ4n) is 2.95. The first-order chi connectivity index (χ1) is 11.7. The molecular weight excluding hydrogens is 296 g/mol. The summed E-state index contributed by atoms with van der Waals surface area (Å²) >= 11 is 0. The number of aromatic carboxylic acids is 1. The lowest BCUT2D eigenvalue weighted by Crippen LogP contribution is -1.98. The number of benzene rings is 3. The van der Waals surface area contributed by atoms with Crippen LogP contribution in [-0.4, -0.2) is 11.1 Å². The number of hydrogen-bond donors (Lipinski definition) is 1. The Morgan fingerprint density at radius 1 is 0.833 bits per heavy atom. The van der Waals surface area contributed by atoms with E-state index in [1.54, 1.807) is 24.3 Å². The van der Waals surface area contributed by atoms with E-state index in [0.717, 1.165) is 6.42 Å². The van der Waals surface area contributed by atoms with E-state index in [1.807, 2.05) is 0 Å². The second kappa shape index (κ2) is 6.97. The average Bonchev–Trinajstić information content (AvgIpc) is 3.01. The maximum absolute atomic E-state index is 10.5.